The second kappa shape index (κ2) is 11.2. The van der Waals surface area contributed by atoms with Crippen molar-refractivity contribution < 1.29 is 9.53 Å². The Morgan fingerprint density at radius 3 is 2.50 bits per heavy atom. The van der Waals surface area contributed by atoms with Crippen molar-refractivity contribution in [3.63, 3.8) is 0 Å². The molecular formula is C21H27ClN4O2. The van der Waals surface area contributed by atoms with Crippen LogP contribution < -0.4 is 15.4 Å². The maximum absolute atomic E-state index is 11.9. The van der Waals surface area contributed by atoms with E-state index in [-0.39, 0.29) is 12.5 Å². The standard InChI is InChI=1S/C21H27ClN4O2/c1-26(2)20(27)15-25-21(24-14-17-5-4-6-18(22)13-17)23-12-11-16-7-9-19(28-3)10-8-16/h4-10,13H,11-12,14-15H2,1-3H3,(H2,23,24,25). The van der Waals surface area contributed by atoms with E-state index in [4.69, 9.17) is 16.3 Å². The van der Waals surface area contributed by atoms with E-state index in [1.807, 2.05) is 48.5 Å². The summed E-state index contributed by atoms with van der Waals surface area (Å²) in [7, 11) is 5.10. The lowest BCUT2D eigenvalue weighted by atomic mass is 10.1. The summed E-state index contributed by atoms with van der Waals surface area (Å²) in [5, 5.41) is 7.04. The molecule has 2 N–H and O–H groups in total. The number of nitrogens with one attached hydrogen (secondary N) is 2. The quantitative estimate of drug-likeness (QED) is 0.526. The summed E-state index contributed by atoms with van der Waals surface area (Å²) >= 11 is 6.03. The van der Waals surface area contributed by atoms with Gasteiger partial charge in [0.2, 0.25) is 5.91 Å². The monoisotopic (exact) mass is 402 g/mol. The minimum absolute atomic E-state index is 0.0209. The van der Waals surface area contributed by atoms with Gasteiger partial charge in [-0.1, -0.05) is 35.9 Å². The van der Waals surface area contributed by atoms with Gasteiger partial charge in [0.15, 0.2) is 5.96 Å². The molecule has 0 spiro atoms. The van der Waals surface area contributed by atoms with Crippen molar-refractivity contribution in [1.82, 2.24) is 15.5 Å². The molecule has 0 aliphatic carbocycles. The maximum atomic E-state index is 11.9. The minimum Gasteiger partial charge on any atom is -0.497 e. The maximum Gasteiger partial charge on any atom is 0.241 e. The molecule has 2 aromatic rings. The second-order valence-electron chi connectivity index (χ2n) is 6.46. The van der Waals surface area contributed by atoms with Crippen molar-refractivity contribution in [2.45, 2.75) is 13.0 Å². The van der Waals surface area contributed by atoms with Crippen LogP contribution in [0.5, 0.6) is 5.75 Å². The van der Waals surface area contributed by atoms with Crippen LogP contribution in [0.15, 0.2) is 53.5 Å². The third-order valence-corrected chi connectivity index (χ3v) is 4.31. The molecule has 0 bridgehead atoms. The summed E-state index contributed by atoms with van der Waals surface area (Å²) in [4.78, 5) is 18.0. The lowest BCUT2D eigenvalue weighted by molar-refractivity contribution is -0.127. The molecule has 0 unspecified atom stereocenters. The van der Waals surface area contributed by atoms with Crippen LogP contribution in [0.4, 0.5) is 0 Å². The molecule has 0 heterocycles. The number of amides is 1. The van der Waals surface area contributed by atoms with Gasteiger partial charge in [-0.05, 0) is 41.8 Å². The van der Waals surface area contributed by atoms with Gasteiger partial charge in [0, 0.05) is 25.7 Å². The van der Waals surface area contributed by atoms with Crippen LogP contribution in [0.3, 0.4) is 0 Å². The second-order valence-corrected chi connectivity index (χ2v) is 6.90. The van der Waals surface area contributed by atoms with Crippen LogP contribution in [0, 0.1) is 0 Å². The zero-order chi connectivity index (χ0) is 20.4. The number of aliphatic imine (C=N–C) groups is 1. The summed E-state index contributed by atoms with van der Waals surface area (Å²) in [6.45, 7) is 1.33. The first-order valence-corrected chi connectivity index (χ1v) is 9.45. The van der Waals surface area contributed by atoms with E-state index >= 15 is 0 Å². The lowest BCUT2D eigenvalue weighted by Crippen LogP contribution is -2.43. The number of hydrogen-bond acceptors (Lipinski definition) is 3. The highest BCUT2D eigenvalue weighted by Gasteiger charge is 2.06. The minimum atomic E-state index is -0.0209. The fraction of sp³-hybridized carbons (Fsp3) is 0.333. The van der Waals surface area contributed by atoms with Crippen LogP contribution in [-0.4, -0.2) is 51.1 Å². The molecule has 6 nitrogen and oxygen atoms in total. The smallest absolute Gasteiger partial charge is 0.241 e. The van der Waals surface area contributed by atoms with Crippen molar-refractivity contribution in [2.75, 3.05) is 34.3 Å². The summed E-state index contributed by atoms with van der Waals surface area (Å²) in [6.07, 6.45) is 0.823. The Morgan fingerprint density at radius 1 is 1.11 bits per heavy atom. The van der Waals surface area contributed by atoms with Crippen molar-refractivity contribution in [1.29, 1.82) is 0 Å². The molecule has 2 rings (SSSR count). The van der Waals surface area contributed by atoms with Crippen LogP contribution >= 0.6 is 11.6 Å². The first-order chi connectivity index (χ1) is 13.5. The molecule has 0 aliphatic heterocycles. The molecule has 0 fully saturated rings. The van der Waals surface area contributed by atoms with Gasteiger partial charge in [0.25, 0.3) is 0 Å². The number of benzene rings is 2. The van der Waals surface area contributed by atoms with Gasteiger partial charge in [-0.15, -0.1) is 0 Å². The van der Waals surface area contributed by atoms with Crippen molar-refractivity contribution in [3.8, 4) is 5.75 Å². The highest BCUT2D eigenvalue weighted by molar-refractivity contribution is 6.30. The first kappa shape index (κ1) is 21.6. The molecule has 0 aliphatic rings. The molecule has 0 atom stereocenters. The van der Waals surface area contributed by atoms with Crippen molar-refractivity contribution >= 4 is 23.5 Å². The Kier molecular flexibility index (Phi) is 8.62. The zero-order valence-electron chi connectivity index (χ0n) is 16.5. The summed E-state index contributed by atoms with van der Waals surface area (Å²) < 4.78 is 5.18. The van der Waals surface area contributed by atoms with E-state index in [2.05, 4.69) is 15.6 Å². The van der Waals surface area contributed by atoms with Gasteiger partial charge >= 0.3 is 0 Å². The van der Waals surface area contributed by atoms with Crippen molar-refractivity contribution in [3.05, 3.63) is 64.7 Å². The van der Waals surface area contributed by atoms with Gasteiger partial charge in [-0.25, -0.2) is 4.99 Å². The lowest BCUT2D eigenvalue weighted by Gasteiger charge is -2.15. The van der Waals surface area contributed by atoms with E-state index in [1.165, 1.54) is 5.56 Å². The Balaban J connectivity index is 1.95. The number of nitrogens with zero attached hydrogens (tertiary/aromatic N) is 2. The average Bonchev–Trinajstić information content (AvgIpc) is 2.69. The fourth-order valence-corrected chi connectivity index (χ4v) is 2.63. The Bertz CT molecular complexity index is 791. The fourth-order valence-electron chi connectivity index (χ4n) is 2.41. The highest BCUT2D eigenvalue weighted by Crippen LogP contribution is 2.12. The summed E-state index contributed by atoms with van der Waals surface area (Å²) in [5.41, 5.74) is 2.19. The highest BCUT2D eigenvalue weighted by atomic mass is 35.5. The predicted octanol–water partition coefficient (Wildman–Crippen LogP) is 2.71. The van der Waals surface area contributed by atoms with E-state index in [9.17, 15) is 4.79 Å². The van der Waals surface area contributed by atoms with Gasteiger partial charge in [0.1, 0.15) is 5.75 Å². The Labute approximate surface area is 171 Å². The summed E-state index contributed by atoms with van der Waals surface area (Å²) in [5.74, 6) is 1.40. The number of likely N-dealkylation sites (N-methyl/N-ethyl adjacent to an activating group) is 1. The first-order valence-electron chi connectivity index (χ1n) is 9.07. The number of carbonyl (C=O) groups excluding carboxylic acids is 1. The molecular weight excluding hydrogens is 376 g/mol. The molecule has 28 heavy (non-hydrogen) atoms. The largest absolute Gasteiger partial charge is 0.497 e. The van der Waals surface area contributed by atoms with Gasteiger partial charge in [-0.2, -0.15) is 0 Å². The molecule has 0 saturated carbocycles. The molecule has 0 radical (unpaired) electrons. The Hall–Kier alpha value is -2.73. The molecule has 1 amide bonds. The molecule has 150 valence electrons. The average molecular weight is 403 g/mol. The van der Waals surface area contributed by atoms with Crippen LogP contribution in [0.2, 0.25) is 5.02 Å². The van der Waals surface area contributed by atoms with Gasteiger partial charge < -0.3 is 20.3 Å². The molecule has 7 heteroatoms. The molecule has 0 saturated heterocycles. The molecule has 2 aromatic carbocycles. The van der Waals surface area contributed by atoms with E-state index in [1.54, 1.807) is 26.1 Å². The third kappa shape index (κ3) is 7.48. The number of halogens is 1. The summed E-state index contributed by atoms with van der Waals surface area (Å²) in [6, 6.07) is 15.5. The number of rotatable bonds is 8. The van der Waals surface area contributed by atoms with Gasteiger partial charge in [0.05, 0.1) is 20.2 Å². The zero-order valence-corrected chi connectivity index (χ0v) is 17.3. The number of hydrogen-bond donors (Lipinski definition) is 2. The number of guanidine groups is 1. The SMILES string of the molecule is COc1ccc(CCNC(=NCc2cccc(Cl)c2)NCC(=O)N(C)C)cc1. The number of methoxy groups -OCH3 is 1. The topological polar surface area (TPSA) is 66.0 Å². The third-order valence-electron chi connectivity index (χ3n) is 4.08. The van der Waals surface area contributed by atoms with Crippen LogP contribution in [-0.2, 0) is 17.8 Å². The van der Waals surface area contributed by atoms with E-state index in [0.717, 1.165) is 17.7 Å². The van der Waals surface area contributed by atoms with Crippen molar-refractivity contribution in [2.24, 2.45) is 4.99 Å². The predicted molar refractivity (Wildman–Crippen MR) is 114 cm³/mol. The van der Waals surface area contributed by atoms with Crippen LogP contribution in [0.25, 0.3) is 0 Å². The van der Waals surface area contributed by atoms with Gasteiger partial charge in [-0.3, -0.25) is 4.79 Å². The number of carbonyl (C=O) groups is 1. The molecule has 0 aromatic heterocycles. The number of ether oxygens (including phenoxy) is 1. The van der Waals surface area contributed by atoms with E-state index < -0.39 is 0 Å². The van der Waals surface area contributed by atoms with E-state index in [0.29, 0.717) is 24.1 Å². The van der Waals surface area contributed by atoms with Crippen LogP contribution in [0.1, 0.15) is 11.1 Å². The normalized spacial score (nSPS) is 11.1. The Morgan fingerprint density at radius 2 is 1.86 bits per heavy atom.